The Morgan fingerprint density at radius 1 is 1.38 bits per heavy atom. The average molecular weight is 363 g/mol. The SMILES string of the molecule is CC(C)(C)OC(=O)N1CCCC1C=O.CCC(NC)c1ccccc1C. The normalized spacial score (nSPS) is 17.9. The Bertz CT molecular complexity index is 577. The number of hydrogen-bond acceptors (Lipinski definition) is 4. The molecular weight excluding hydrogens is 328 g/mol. The van der Waals surface area contributed by atoms with Crippen LogP contribution in [0.1, 0.15) is 64.1 Å². The van der Waals surface area contributed by atoms with E-state index in [-0.39, 0.29) is 12.1 Å². The van der Waals surface area contributed by atoms with E-state index in [1.54, 1.807) is 0 Å². The van der Waals surface area contributed by atoms with Crippen molar-refractivity contribution in [3.63, 3.8) is 0 Å². The van der Waals surface area contributed by atoms with Gasteiger partial charge in [0, 0.05) is 12.6 Å². The van der Waals surface area contributed by atoms with E-state index in [9.17, 15) is 9.59 Å². The summed E-state index contributed by atoms with van der Waals surface area (Å²) in [6, 6.07) is 8.76. The molecule has 0 saturated carbocycles. The van der Waals surface area contributed by atoms with Crippen LogP contribution < -0.4 is 5.32 Å². The maximum atomic E-state index is 11.6. The van der Waals surface area contributed by atoms with E-state index in [1.165, 1.54) is 16.0 Å². The van der Waals surface area contributed by atoms with Crippen molar-refractivity contribution >= 4 is 12.4 Å². The molecule has 1 aromatic rings. The Morgan fingerprint density at radius 3 is 2.54 bits per heavy atom. The molecule has 0 aromatic heterocycles. The summed E-state index contributed by atoms with van der Waals surface area (Å²) in [5, 5.41) is 3.31. The van der Waals surface area contributed by atoms with E-state index >= 15 is 0 Å². The van der Waals surface area contributed by atoms with Crippen LogP contribution in [-0.4, -0.2) is 42.5 Å². The molecule has 1 N–H and O–H groups in total. The number of aryl methyl sites for hydroxylation is 1. The molecule has 1 aliphatic rings. The fourth-order valence-electron chi connectivity index (χ4n) is 3.04. The third kappa shape index (κ3) is 6.79. The lowest BCUT2D eigenvalue weighted by Crippen LogP contribution is -2.40. The number of likely N-dealkylation sites (tertiary alicyclic amines) is 1. The van der Waals surface area contributed by atoms with E-state index in [0.717, 1.165) is 25.5 Å². The summed E-state index contributed by atoms with van der Waals surface area (Å²) >= 11 is 0. The van der Waals surface area contributed by atoms with Crippen LogP contribution in [0.25, 0.3) is 0 Å². The first kappa shape index (κ1) is 22.2. The number of amides is 1. The molecule has 1 heterocycles. The maximum absolute atomic E-state index is 11.6. The number of benzene rings is 1. The van der Waals surface area contributed by atoms with Crippen molar-refractivity contribution in [2.75, 3.05) is 13.6 Å². The molecule has 5 nitrogen and oxygen atoms in total. The highest BCUT2D eigenvalue weighted by molar-refractivity contribution is 5.74. The highest BCUT2D eigenvalue weighted by Crippen LogP contribution is 2.20. The molecule has 2 unspecified atom stereocenters. The van der Waals surface area contributed by atoms with Crippen molar-refractivity contribution in [1.82, 2.24) is 10.2 Å². The van der Waals surface area contributed by atoms with Gasteiger partial charge in [0.25, 0.3) is 0 Å². The van der Waals surface area contributed by atoms with Crippen LogP contribution in [0.4, 0.5) is 4.79 Å². The molecule has 0 bridgehead atoms. The van der Waals surface area contributed by atoms with Gasteiger partial charge < -0.3 is 14.8 Å². The number of ether oxygens (including phenoxy) is 1. The molecule has 1 amide bonds. The molecule has 146 valence electrons. The minimum atomic E-state index is -0.493. The van der Waals surface area contributed by atoms with Gasteiger partial charge in [-0.2, -0.15) is 0 Å². The van der Waals surface area contributed by atoms with Crippen molar-refractivity contribution in [2.45, 2.75) is 71.6 Å². The molecule has 5 heteroatoms. The van der Waals surface area contributed by atoms with Gasteiger partial charge in [-0.15, -0.1) is 0 Å². The number of carbonyl (C=O) groups is 2. The lowest BCUT2D eigenvalue weighted by atomic mass is 10.00. The first-order valence-electron chi connectivity index (χ1n) is 9.41. The summed E-state index contributed by atoms with van der Waals surface area (Å²) in [6.07, 6.45) is 3.20. The predicted octanol–water partition coefficient (Wildman–Crippen LogP) is 4.25. The molecule has 1 saturated heterocycles. The fraction of sp³-hybridized carbons (Fsp3) is 0.619. The molecule has 0 aliphatic carbocycles. The average Bonchev–Trinajstić information content (AvgIpc) is 3.05. The summed E-state index contributed by atoms with van der Waals surface area (Å²) < 4.78 is 5.18. The zero-order valence-electron chi connectivity index (χ0n) is 17.0. The molecule has 2 rings (SSSR count). The van der Waals surface area contributed by atoms with Crippen molar-refractivity contribution in [3.8, 4) is 0 Å². The Hall–Kier alpha value is -1.88. The van der Waals surface area contributed by atoms with Crippen LogP contribution in [0.5, 0.6) is 0 Å². The van der Waals surface area contributed by atoms with Gasteiger partial charge >= 0.3 is 6.09 Å². The summed E-state index contributed by atoms with van der Waals surface area (Å²) in [6.45, 7) is 10.4. The van der Waals surface area contributed by atoms with Gasteiger partial charge in [0.15, 0.2) is 0 Å². The van der Waals surface area contributed by atoms with Gasteiger partial charge in [0.1, 0.15) is 11.9 Å². The van der Waals surface area contributed by atoms with Crippen molar-refractivity contribution in [1.29, 1.82) is 0 Å². The van der Waals surface area contributed by atoms with Crippen LogP contribution >= 0.6 is 0 Å². The molecule has 0 spiro atoms. The van der Waals surface area contributed by atoms with Crippen LogP contribution in [-0.2, 0) is 9.53 Å². The molecule has 0 radical (unpaired) electrons. The minimum Gasteiger partial charge on any atom is -0.444 e. The highest BCUT2D eigenvalue weighted by atomic mass is 16.6. The summed E-state index contributed by atoms with van der Waals surface area (Å²) in [5.74, 6) is 0. The second kappa shape index (κ2) is 10.3. The third-order valence-corrected chi connectivity index (χ3v) is 4.40. The first-order chi connectivity index (χ1) is 12.2. The topological polar surface area (TPSA) is 58.6 Å². The van der Waals surface area contributed by atoms with Crippen LogP contribution in [0, 0.1) is 6.92 Å². The summed E-state index contributed by atoms with van der Waals surface area (Å²) in [7, 11) is 2.01. The standard InChI is InChI=1S/C11H17N.C10H17NO3/c1-4-11(12-3)10-8-6-5-7-9(10)2;1-10(2,3)14-9(13)11-6-4-5-8(11)7-12/h5-8,11-12H,4H2,1-3H3;7-8H,4-6H2,1-3H3. The number of rotatable bonds is 4. The van der Waals surface area contributed by atoms with E-state index in [1.807, 2.05) is 27.8 Å². The van der Waals surface area contributed by atoms with Crippen molar-refractivity contribution in [3.05, 3.63) is 35.4 Å². The highest BCUT2D eigenvalue weighted by Gasteiger charge is 2.31. The van der Waals surface area contributed by atoms with E-state index in [4.69, 9.17) is 4.74 Å². The zero-order valence-corrected chi connectivity index (χ0v) is 17.0. The maximum Gasteiger partial charge on any atom is 0.410 e. The number of nitrogens with one attached hydrogen (secondary N) is 1. The Morgan fingerprint density at radius 2 is 2.04 bits per heavy atom. The number of hydrogen-bond donors (Lipinski definition) is 1. The monoisotopic (exact) mass is 362 g/mol. The Balaban J connectivity index is 0.000000263. The molecule has 1 aliphatic heterocycles. The second-order valence-electron chi connectivity index (χ2n) is 7.63. The number of nitrogens with zero attached hydrogens (tertiary/aromatic N) is 1. The van der Waals surface area contributed by atoms with Gasteiger partial charge in [-0.1, -0.05) is 31.2 Å². The molecule has 2 atom stereocenters. The zero-order chi connectivity index (χ0) is 19.7. The largest absolute Gasteiger partial charge is 0.444 e. The quantitative estimate of drug-likeness (QED) is 0.814. The smallest absolute Gasteiger partial charge is 0.410 e. The first-order valence-corrected chi connectivity index (χ1v) is 9.41. The molecular formula is C21H34N2O3. The van der Waals surface area contributed by atoms with Crippen molar-refractivity contribution in [2.24, 2.45) is 0 Å². The molecule has 1 fully saturated rings. The minimum absolute atomic E-state index is 0.287. The second-order valence-corrected chi connectivity index (χ2v) is 7.63. The Kier molecular flexibility index (Phi) is 8.79. The van der Waals surface area contributed by atoms with Crippen molar-refractivity contribution < 1.29 is 14.3 Å². The van der Waals surface area contributed by atoms with Gasteiger partial charge in [-0.25, -0.2) is 4.79 Å². The van der Waals surface area contributed by atoms with Crippen LogP contribution in [0.2, 0.25) is 0 Å². The lowest BCUT2D eigenvalue weighted by Gasteiger charge is -2.26. The van der Waals surface area contributed by atoms with E-state index in [2.05, 4.69) is 43.4 Å². The summed E-state index contributed by atoms with van der Waals surface area (Å²) in [4.78, 5) is 23.7. The number of aldehydes is 1. The fourth-order valence-corrected chi connectivity index (χ4v) is 3.04. The van der Waals surface area contributed by atoms with Gasteiger partial charge in [-0.3, -0.25) is 4.90 Å². The van der Waals surface area contributed by atoms with Gasteiger partial charge in [-0.05, 0) is 65.1 Å². The van der Waals surface area contributed by atoms with E-state index in [0.29, 0.717) is 12.6 Å². The lowest BCUT2D eigenvalue weighted by molar-refractivity contribution is -0.111. The predicted molar refractivity (Wildman–Crippen MR) is 105 cm³/mol. The third-order valence-electron chi connectivity index (χ3n) is 4.40. The van der Waals surface area contributed by atoms with Crippen LogP contribution in [0.3, 0.4) is 0 Å². The number of carbonyl (C=O) groups excluding carboxylic acids is 2. The molecule has 26 heavy (non-hydrogen) atoms. The van der Waals surface area contributed by atoms with E-state index < -0.39 is 5.60 Å². The van der Waals surface area contributed by atoms with Gasteiger partial charge in [0.05, 0.1) is 6.04 Å². The Labute approximate surface area is 158 Å². The van der Waals surface area contributed by atoms with Crippen LogP contribution in [0.15, 0.2) is 24.3 Å². The summed E-state index contributed by atoms with van der Waals surface area (Å²) in [5.41, 5.74) is 2.30. The molecule has 1 aromatic carbocycles. The van der Waals surface area contributed by atoms with Gasteiger partial charge in [0.2, 0.25) is 0 Å².